The van der Waals surface area contributed by atoms with Gasteiger partial charge < -0.3 is 10.1 Å². The lowest BCUT2D eigenvalue weighted by Gasteiger charge is -2.12. The molecular weight excluding hydrogens is 260 g/mol. The normalized spacial score (nSPS) is 11.9. The van der Waals surface area contributed by atoms with Gasteiger partial charge in [0.25, 0.3) is 5.82 Å². The largest absolute Gasteiger partial charge is 0.460 e. The van der Waals surface area contributed by atoms with Gasteiger partial charge in [-0.15, -0.1) is 16.7 Å². The first-order valence-electron chi connectivity index (χ1n) is 5.57. The standard InChI is InChI=1S/C10H15ClN4O3/c1-3-6(12-7(16)5-11)8-13-9(15-14-8)10(17)18-4-2/h6H,3-5H2,1-2H3,(H,12,16)(H,13,14,15)/t6-/m0/s1. The van der Waals surface area contributed by atoms with Crippen LogP contribution in [0.3, 0.4) is 0 Å². The molecule has 1 atom stereocenters. The quantitative estimate of drug-likeness (QED) is 0.590. The molecule has 0 fully saturated rings. The minimum absolute atomic E-state index is 0.0505. The minimum atomic E-state index is -0.599. The van der Waals surface area contributed by atoms with E-state index in [1.54, 1.807) is 6.92 Å². The van der Waals surface area contributed by atoms with Crippen LogP contribution >= 0.6 is 11.6 Å². The van der Waals surface area contributed by atoms with Crippen LogP contribution in [0.1, 0.15) is 42.8 Å². The molecule has 0 saturated heterocycles. The monoisotopic (exact) mass is 274 g/mol. The third kappa shape index (κ3) is 3.69. The van der Waals surface area contributed by atoms with Crippen molar-refractivity contribution in [1.82, 2.24) is 20.5 Å². The highest BCUT2D eigenvalue weighted by Gasteiger charge is 2.19. The van der Waals surface area contributed by atoms with E-state index in [9.17, 15) is 9.59 Å². The second kappa shape index (κ2) is 6.95. The number of carbonyl (C=O) groups is 2. The number of nitrogens with one attached hydrogen (secondary N) is 2. The van der Waals surface area contributed by atoms with E-state index >= 15 is 0 Å². The van der Waals surface area contributed by atoms with Gasteiger partial charge in [0.05, 0.1) is 12.6 Å². The lowest BCUT2D eigenvalue weighted by Crippen LogP contribution is -2.29. The van der Waals surface area contributed by atoms with Gasteiger partial charge in [-0.2, -0.15) is 0 Å². The van der Waals surface area contributed by atoms with E-state index in [0.717, 1.165) is 0 Å². The number of nitrogens with zero attached hydrogens (tertiary/aromatic N) is 2. The summed E-state index contributed by atoms with van der Waals surface area (Å²) in [6, 6.07) is -0.355. The first kappa shape index (κ1) is 14.4. The zero-order valence-electron chi connectivity index (χ0n) is 10.2. The predicted octanol–water partition coefficient (Wildman–Crippen LogP) is 0.787. The molecule has 8 heteroatoms. The number of hydrogen-bond donors (Lipinski definition) is 2. The molecule has 7 nitrogen and oxygen atoms in total. The van der Waals surface area contributed by atoms with Crippen molar-refractivity contribution in [2.24, 2.45) is 0 Å². The van der Waals surface area contributed by atoms with Crippen LogP contribution in [0.4, 0.5) is 0 Å². The number of aromatic nitrogens is 3. The molecular formula is C10H15ClN4O3. The van der Waals surface area contributed by atoms with Crippen molar-refractivity contribution in [3.05, 3.63) is 11.6 Å². The Kier molecular flexibility index (Phi) is 5.57. The Morgan fingerprint density at radius 2 is 2.22 bits per heavy atom. The van der Waals surface area contributed by atoms with Crippen molar-refractivity contribution in [3.63, 3.8) is 0 Å². The van der Waals surface area contributed by atoms with Gasteiger partial charge in [-0.3, -0.25) is 9.89 Å². The molecule has 0 unspecified atom stereocenters. The highest BCUT2D eigenvalue weighted by Crippen LogP contribution is 2.12. The van der Waals surface area contributed by atoms with E-state index < -0.39 is 5.97 Å². The molecule has 1 amide bonds. The van der Waals surface area contributed by atoms with Crippen LogP contribution in [0, 0.1) is 0 Å². The van der Waals surface area contributed by atoms with E-state index in [4.69, 9.17) is 16.3 Å². The Hall–Kier alpha value is -1.63. The van der Waals surface area contributed by atoms with Gasteiger partial charge >= 0.3 is 5.97 Å². The number of rotatable bonds is 6. The fourth-order valence-corrected chi connectivity index (χ4v) is 1.39. The van der Waals surface area contributed by atoms with Gasteiger partial charge in [0.1, 0.15) is 11.7 Å². The maximum absolute atomic E-state index is 11.4. The maximum atomic E-state index is 11.4. The van der Waals surface area contributed by atoms with E-state index in [-0.39, 0.29) is 30.3 Å². The summed E-state index contributed by atoms with van der Waals surface area (Å²) in [6.45, 7) is 3.82. The summed E-state index contributed by atoms with van der Waals surface area (Å²) >= 11 is 5.41. The molecule has 0 spiro atoms. The molecule has 0 aliphatic heterocycles. The lowest BCUT2D eigenvalue weighted by atomic mass is 10.2. The van der Waals surface area contributed by atoms with E-state index in [1.807, 2.05) is 6.92 Å². The van der Waals surface area contributed by atoms with Crippen molar-refractivity contribution < 1.29 is 14.3 Å². The van der Waals surface area contributed by atoms with Crippen molar-refractivity contribution in [1.29, 1.82) is 0 Å². The van der Waals surface area contributed by atoms with Crippen LogP contribution in [-0.2, 0) is 9.53 Å². The average molecular weight is 275 g/mol. The van der Waals surface area contributed by atoms with Crippen molar-refractivity contribution >= 4 is 23.5 Å². The van der Waals surface area contributed by atoms with Gasteiger partial charge in [0, 0.05) is 0 Å². The number of alkyl halides is 1. The van der Waals surface area contributed by atoms with Gasteiger partial charge in [-0.1, -0.05) is 6.92 Å². The van der Waals surface area contributed by atoms with Crippen molar-refractivity contribution in [2.75, 3.05) is 12.5 Å². The number of carbonyl (C=O) groups excluding carboxylic acids is 2. The van der Waals surface area contributed by atoms with Gasteiger partial charge in [0.15, 0.2) is 0 Å². The molecule has 0 saturated carbocycles. The summed E-state index contributed by atoms with van der Waals surface area (Å²) < 4.78 is 4.76. The number of H-pyrrole nitrogens is 1. The molecule has 1 rings (SSSR count). The molecule has 1 aromatic heterocycles. The molecule has 18 heavy (non-hydrogen) atoms. The Morgan fingerprint density at radius 1 is 1.50 bits per heavy atom. The number of esters is 1. The second-order valence-electron chi connectivity index (χ2n) is 3.43. The number of hydrogen-bond acceptors (Lipinski definition) is 5. The van der Waals surface area contributed by atoms with Crippen LogP contribution < -0.4 is 5.32 Å². The molecule has 0 bridgehead atoms. The summed E-state index contributed by atoms with van der Waals surface area (Å²) in [6.07, 6.45) is 0.597. The summed E-state index contributed by atoms with van der Waals surface area (Å²) in [4.78, 5) is 26.6. The smallest absolute Gasteiger partial charge is 0.378 e. The Bertz CT molecular complexity index is 421. The topological polar surface area (TPSA) is 97.0 Å². The van der Waals surface area contributed by atoms with Gasteiger partial charge in [-0.05, 0) is 13.3 Å². The van der Waals surface area contributed by atoms with E-state index in [0.29, 0.717) is 12.2 Å². The van der Waals surface area contributed by atoms with Crippen molar-refractivity contribution in [2.45, 2.75) is 26.3 Å². The molecule has 0 aliphatic rings. The summed E-state index contributed by atoms with van der Waals surface area (Å²) in [5.41, 5.74) is 0. The van der Waals surface area contributed by atoms with Crippen LogP contribution in [0.2, 0.25) is 0 Å². The fourth-order valence-electron chi connectivity index (χ4n) is 1.31. The molecule has 1 heterocycles. The fraction of sp³-hybridized carbons (Fsp3) is 0.600. The molecule has 0 aliphatic carbocycles. The van der Waals surface area contributed by atoms with E-state index in [2.05, 4.69) is 20.5 Å². The molecule has 0 radical (unpaired) electrons. The van der Waals surface area contributed by atoms with Crippen LogP contribution in [-0.4, -0.2) is 39.5 Å². The van der Waals surface area contributed by atoms with Crippen LogP contribution in [0.15, 0.2) is 0 Å². The number of ether oxygens (including phenoxy) is 1. The number of aromatic amines is 1. The maximum Gasteiger partial charge on any atom is 0.378 e. The summed E-state index contributed by atoms with van der Waals surface area (Å²) in [7, 11) is 0. The molecule has 1 aromatic rings. The van der Waals surface area contributed by atoms with Crippen molar-refractivity contribution in [3.8, 4) is 0 Å². The first-order valence-corrected chi connectivity index (χ1v) is 6.10. The Morgan fingerprint density at radius 3 is 2.78 bits per heavy atom. The third-order valence-corrected chi connectivity index (χ3v) is 2.40. The van der Waals surface area contributed by atoms with Gasteiger partial charge in [-0.25, -0.2) is 9.78 Å². The Balaban J connectivity index is 2.76. The first-order chi connectivity index (χ1) is 8.62. The predicted molar refractivity (Wildman–Crippen MR) is 64.2 cm³/mol. The zero-order chi connectivity index (χ0) is 13.5. The number of halogens is 1. The summed E-state index contributed by atoms with van der Waals surface area (Å²) in [5.74, 6) is -0.685. The van der Waals surface area contributed by atoms with Crippen LogP contribution in [0.5, 0.6) is 0 Å². The molecule has 2 N–H and O–H groups in total. The summed E-state index contributed by atoms with van der Waals surface area (Å²) in [5, 5.41) is 9.01. The Labute approximate surface area is 109 Å². The zero-order valence-corrected chi connectivity index (χ0v) is 11.0. The van der Waals surface area contributed by atoms with E-state index in [1.165, 1.54) is 0 Å². The number of amides is 1. The molecule has 0 aromatic carbocycles. The highest BCUT2D eigenvalue weighted by molar-refractivity contribution is 6.27. The van der Waals surface area contributed by atoms with Crippen LogP contribution in [0.25, 0.3) is 0 Å². The van der Waals surface area contributed by atoms with Gasteiger partial charge in [0.2, 0.25) is 5.91 Å². The lowest BCUT2D eigenvalue weighted by molar-refractivity contribution is -0.119. The minimum Gasteiger partial charge on any atom is -0.460 e. The molecule has 100 valence electrons. The third-order valence-electron chi connectivity index (χ3n) is 2.16. The highest BCUT2D eigenvalue weighted by atomic mass is 35.5. The average Bonchev–Trinajstić information content (AvgIpc) is 2.85. The second-order valence-corrected chi connectivity index (χ2v) is 3.69. The SMILES string of the molecule is CCOC(=O)c1n[nH]c([C@H](CC)NC(=O)CCl)n1.